The molecular weight excluding hydrogens is 290 g/mol. The molecule has 0 unspecified atom stereocenters. The monoisotopic (exact) mass is 307 g/mol. The minimum absolute atomic E-state index is 0.288. The van der Waals surface area contributed by atoms with Crippen molar-refractivity contribution in [3.63, 3.8) is 0 Å². The molecule has 0 aliphatic heterocycles. The number of nitrogens with zero attached hydrogens (tertiary/aromatic N) is 1. The Morgan fingerprint density at radius 2 is 1.87 bits per heavy atom. The average Bonchev–Trinajstić information content (AvgIpc) is 2.54. The summed E-state index contributed by atoms with van der Waals surface area (Å²) in [6.07, 6.45) is 0. The third-order valence-corrected chi connectivity index (χ3v) is 3.39. The van der Waals surface area contributed by atoms with Crippen molar-refractivity contribution >= 4 is 17.5 Å². The van der Waals surface area contributed by atoms with Gasteiger partial charge in [0.05, 0.1) is 11.6 Å². The molecule has 23 heavy (non-hydrogen) atoms. The Morgan fingerprint density at radius 3 is 2.57 bits per heavy atom. The quantitative estimate of drug-likeness (QED) is 0.854. The van der Waals surface area contributed by atoms with Crippen LogP contribution in [-0.2, 0) is 16.1 Å². The molecule has 2 N–H and O–H groups in total. The Labute approximate surface area is 134 Å². The third kappa shape index (κ3) is 4.42. The molecule has 0 aromatic heterocycles. The number of hydrogen-bond acceptors (Lipinski definition) is 3. The number of rotatable bonds is 3. The number of nitriles is 1. The summed E-state index contributed by atoms with van der Waals surface area (Å²) in [4.78, 5) is 23.7. The van der Waals surface area contributed by atoms with Crippen LogP contribution < -0.4 is 10.6 Å². The first kappa shape index (κ1) is 16.2. The molecule has 0 radical (unpaired) electrons. The molecule has 0 spiro atoms. The van der Waals surface area contributed by atoms with Gasteiger partial charge in [-0.25, -0.2) is 0 Å². The van der Waals surface area contributed by atoms with E-state index in [-0.39, 0.29) is 6.54 Å². The van der Waals surface area contributed by atoms with Gasteiger partial charge in [-0.05, 0) is 43.2 Å². The first-order valence-electron chi connectivity index (χ1n) is 7.15. The Bertz CT molecular complexity index is 791. The van der Waals surface area contributed by atoms with Crippen LogP contribution in [0.25, 0.3) is 0 Å². The third-order valence-electron chi connectivity index (χ3n) is 3.39. The highest BCUT2D eigenvalue weighted by Crippen LogP contribution is 2.11. The maximum atomic E-state index is 11.9. The van der Waals surface area contributed by atoms with Crippen molar-refractivity contribution in [2.75, 3.05) is 5.32 Å². The molecule has 5 nitrogen and oxygen atoms in total. The number of aryl methyl sites for hydroxylation is 2. The molecule has 0 fully saturated rings. The van der Waals surface area contributed by atoms with Gasteiger partial charge in [0.1, 0.15) is 0 Å². The van der Waals surface area contributed by atoms with Crippen LogP contribution in [0.3, 0.4) is 0 Å². The first-order chi connectivity index (χ1) is 11.0. The highest BCUT2D eigenvalue weighted by molar-refractivity contribution is 6.39. The fourth-order valence-corrected chi connectivity index (χ4v) is 2.15. The maximum Gasteiger partial charge on any atom is 0.313 e. The van der Waals surface area contributed by atoms with Crippen molar-refractivity contribution in [2.45, 2.75) is 20.4 Å². The second-order valence-electron chi connectivity index (χ2n) is 5.26. The van der Waals surface area contributed by atoms with Crippen LogP contribution in [0.2, 0.25) is 0 Å². The Balaban J connectivity index is 1.95. The van der Waals surface area contributed by atoms with Crippen LogP contribution in [0, 0.1) is 25.2 Å². The predicted molar refractivity (Wildman–Crippen MR) is 87.5 cm³/mol. The number of anilines is 1. The molecule has 0 bridgehead atoms. The topological polar surface area (TPSA) is 82.0 Å². The van der Waals surface area contributed by atoms with E-state index in [1.54, 1.807) is 18.2 Å². The minimum atomic E-state index is -0.759. The van der Waals surface area contributed by atoms with Gasteiger partial charge in [-0.2, -0.15) is 5.26 Å². The Morgan fingerprint density at radius 1 is 1.09 bits per heavy atom. The van der Waals surface area contributed by atoms with Crippen LogP contribution >= 0.6 is 0 Å². The molecule has 0 heterocycles. The maximum absolute atomic E-state index is 11.9. The zero-order valence-corrected chi connectivity index (χ0v) is 13.0. The molecule has 2 aromatic rings. The van der Waals surface area contributed by atoms with Gasteiger partial charge in [-0.3, -0.25) is 9.59 Å². The SMILES string of the molecule is Cc1ccc(CNC(=O)C(=O)Nc2cccc(C#N)c2)c(C)c1. The number of nitrogens with one attached hydrogen (secondary N) is 2. The summed E-state index contributed by atoms with van der Waals surface area (Å²) in [6, 6.07) is 14.3. The van der Waals surface area contributed by atoms with E-state index in [9.17, 15) is 9.59 Å². The lowest BCUT2D eigenvalue weighted by Crippen LogP contribution is -2.35. The highest BCUT2D eigenvalue weighted by atomic mass is 16.2. The second kappa shape index (κ2) is 7.23. The predicted octanol–water partition coefficient (Wildman–Crippen LogP) is 2.43. The van der Waals surface area contributed by atoms with Crippen LogP contribution in [-0.4, -0.2) is 11.8 Å². The molecule has 0 saturated carbocycles. The summed E-state index contributed by atoms with van der Waals surface area (Å²) in [7, 11) is 0. The molecule has 5 heteroatoms. The van der Waals surface area contributed by atoms with Crippen LogP contribution in [0.15, 0.2) is 42.5 Å². The van der Waals surface area contributed by atoms with Crippen molar-refractivity contribution in [1.82, 2.24) is 5.32 Å². The van der Waals surface area contributed by atoms with Gasteiger partial charge in [0.25, 0.3) is 0 Å². The molecule has 0 saturated heterocycles. The average molecular weight is 307 g/mol. The van der Waals surface area contributed by atoms with E-state index in [2.05, 4.69) is 10.6 Å². The summed E-state index contributed by atoms with van der Waals surface area (Å²) in [5.41, 5.74) is 4.00. The molecular formula is C18H17N3O2. The number of carbonyl (C=O) groups excluding carboxylic acids is 2. The summed E-state index contributed by atoms with van der Waals surface area (Å²) in [5, 5.41) is 13.9. The number of amides is 2. The molecule has 2 aromatic carbocycles. The summed E-state index contributed by atoms with van der Waals surface area (Å²) < 4.78 is 0. The van der Waals surface area contributed by atoms with E-state index in [1.807, 2.05) is 38.1 Å². The van der Waals surface area contributed by atoms with Crippen molar-refractivity contribution < 1.29 is 9.59 Å². The normalized spacial score (nSPS) is 9.78. The first-order valence-corrected chi connectivity index (χ1v) is 7.15. The van der Waals surface area contributed by atoms with E-state index in [0.717, 1.165) is 16.7 Å². The highest BCUT2D eigenvalue weighted by Gasteiger charge is 2.14. The van der Waals surface area contributed by atoms with E-state index < -0.39 is 11.8 Å². The van der Waals surface area contributed by atoms with Gasteiger partial charge in [-0.15, -0.1) is 0 Å². The van der Waals surface area contributed by atoms with Gasteiger partial charge < -0.3 is 10.6 Å². The molecule has 116 valence electrons. The van der Waals surface area contributed by atoms with E-state index in [1.165, 1.54) is 6.07 Å². The van der Waals surface area contributed by atoms with E-state index in [4.69, 9.17) is 5.26 Å². The standard InChI is InChI=1S/C18H17N3O2/c1-12-6-7-15(13(2)8-12)11-20-17(22)18(23)21-16-5-3-4-14(9-16)10-19/h3-9H,11H2,1-2H3,(H,20,22)(H,21,23). The Hall–Kier alpha value is -3.13. The molecule has 0 atom stereocenters. The van der Waals surface area contributed by atoms with Gasteiger partial charge in [0, 0.05) is 12.2 Å². The van der Waals surface area contributed by atoms with Crippen molar-refractivity contribution in [2.24, 2.45) is 0 Å². The van der Waals surface area contributed by atoms with Gasteiger partial charge in [0.2, 0.25) is 0 Å². The fourth-order valence-electron chi connectivity index (χ4n) is 2.15. The summed E-state index contributed by atoms with van der Waals surface area (Å²) >= 11 is 0. The smallest absolute Gasteiger partial charge is 0.313 e. The van der Waals surface area contributed by atoms with E-state index >= 15 is 0 Å². The minimum Gasteiger partial charge on any atom is -0.344 e. The molecule has 0 aliphatic rings. The van der Waals surface area contributed by atoms with Gasteiger partial charge in [-0.1, -0.05) is 29.8 Å². The number of hydrogen-bond donors (Lipinski definition) is 2. The van der Waals surface area contributed by atoms with Gasteiger partial charge >= 0.3 is 11.8 Å². The van der Waals surface area contributed by atoms with Crippen LogP contribution in [0.4, 0.5) is 5.69 Å². The molecule has 0 aliphatic carbocycles. The number of benzene rings is 2. The van der Waals surface area contributed by atoms with Crippen LogP contribution in [0.5, 0.6) is 0 Å². The zero-order chi connectivity index (χ0) is 16.8. The summed E-state index contributed by atoms with van der Waals surface area (Å²) in [5.74, 6) is -1.47. The lowest BCUT2D eigenvalue weighted by molar-refractivity contribution is -0.136. The molecule has 2 amide bonds. The van der Waals surface area contributed by atoms with Crippen LogP contribution in [0.1, 0.15) is 22.3 Å². The number of carbonyl (C=O) groups is 2. The summed E-state index contributed by atoms with van der Waals surface area (Å²) in [6.45, 7) is 4.25. The second-order valence-corrected chi connectivity index (χ2v) is 5.26. The van der Waals surface area contributed by atoms with E-state index in [0.29, 0.717) is 11.3 Å². The van der Waals surface area contributed by atoms with Crippen molar-refractivity contribution in [3.8, 4) is 6.07 Å². The van der Waals surface area contributed by atoms with Crippen molar-refractivity contribution in [1.29, 1.82) is 5.26 Å². The lowest BCUT2D eigenvalue weighted by atomic mass is 10.1. The lowest BCUT2D eigenvalue weighted by Gasteiger charge is -2.09. The molecule has 2 rings (SSSR count). The fraction of sp³-hybridized carbons (Fsp3) is 0.167. The van der Waals surface area contributed by atoms with Gasteiger partial charge in [0.15, 0.2) is 0 Å². The van der Waals surface area contributed by atoms with Crippen molar-refractivity contribution in [3.05, 3.63) is 64.7 Å². The Kier molecular flexibility index (Phi) is 5.11. The zero-order valence-electron chi connectivity index (χ0n) is 13.0. The largest absolute Gasteiger partial charge is 0.344 e.